The van der Waals surface area contributed by atoms with Crippen LogP contribution in [0.15, 0.2) is 24.5 Å². The highest BCUT2D eigenvalue weighted by Crippen LogP contribution is 2.13. The number of imidazole rings is 1. The average Bonchev–Trinajstić information content (AvgIpc) is 2.63. The number of aryl methyl sites for hydroxylation is 1. The first-order chi connectivity index (χ1) is 8.49. The summed E-state index contributed by atoms with van der Waals surface area (Å²) in [6, 6.07) is 4.81. The summed E-state index contributed by atoms with van der Waals surface area (Å²) in [5.74, 6) is -0.384. The number of hydrogen-bond acceptors (Lipinski definition) is 2. The quantitative estimate of drug-likeness (QED) is 0.864. The summed E-state index contributed by atoms with van der Waals surface area (Å²) in [6.45, 7) is 4.58. The lowest BCUT2D eigenvalue weighted by Crippen LogP contribution is -2.12. The molecule has 0 saturated carbocycles. The SMILES string of the molecule is Cc1ncn(Cc2ccc(F)c(C(N)=S)c2)c1C. The number of hydrogen-bond donors (Lipinski definition) is 1. The van der Waals surface area contributed by atoms with Gasteiger partial charge in [0.2, 0.25) is 0 Å². The summed E-state index contributed by atoms with van der Waals surface area (Å²) in [4.78, 5) is 4.30. The Balaban J connectivity index is 2.33. The van der Waals surface area contributed by atoms with Crippen molar-refractivity contribution in [2.45, 2.75) is 20.4 Å². The molecule has 18 heavy (non-hydrogen) atoms. The number of halogens is 1. The van der Waals surface area contributed by atoms with Gasteiger partial charge in [0.25, 0.3) is 0 Å². The van der Waals surface area contributed by atoms with Gasteiger partial charge in [0.05, 0.1) is 12.0 Å². The Hall–Kier alpha value is -1.75. The molecule has 0 spiro atoms. The van der Waals surface area contributed by atoms with E-state index < -0.39 is 0 Å². The Morgan fingerprint density at radius 2 is 2.17 bits per heavy atom. The number of nitrogens with zero attached hydrogens (tertiary/aromatic N) is 2. The Bertz CT molecular complexity index is 604. The van der Waals surface area contributed by atoms with Crippen molar-refractivity contribution in [3.63, 3.8) is 0 Å². The molecule has 1 heterocycles. The average molecular weight is 263 g/mol. The summed E-state index contributed by atoms with van der Waals surface area (Å²) in [7, 11) is 0. The third-order valence-electron chi connectivity index (χ3n) is 2.99. The predicted octanol–water partition coefficient (Wildman–Crippen LogP) is 2.32. The van der Waals surface area contributed by atoms with Crippen LogP contribution in [0, 0.1) is 19.7 Å². The van der Waals surface area contributed by atoms with Crippen LogP contribution in [0.5, 0.6) is 0 Å². The normalized spacial score (nSPS) is 10.6. The van der Waals surface area contributed by atoms with Crippen molar-refractivity contribution >= 4 is 17.2 Å². The standard InChI is InChI=1S/C13H14FN3S/c1-8-9(2)17(7-16-8)6-10-3-4-12(14)11(5-10)13(15)18/h3-5,7H,6H2,1-2H3,(H2,15,18). The molecule has 0 unspecified atom stereocenters. The zero-order valence-electron chi connectivity index (χ0n) is 10.3. The minimum Gasteiger partial charge on any atom is -0.389 e. The van der Waals surface area contributed by atoms with Gasteiger partial charge < -0.3 is 10.3 Å². The minimum absolute atomic E-state index is 0.0767. The van der Waals surface area contributed by atoms with Crippen molar-refractivity contribution in [1.29, 1.82) is 0 Å². The highest BCUT2D eigenvalue weighted by atomic mass is 32.1. The zero-order valence-corrected chi connectivity index (χ0v) is 11.1. The molecule has 0 aliphatic carbocycles. The van der Waals surface area contributed by atoms with Gasteiger partial charge in [-0.25, -0.2) is 9.37 Å². The molecule has 94 valence electrons. The summed E-state index contributed by atoms with van der Waals surface area (Å²) in [6.07, 6.45) is 1.77. The Morgan fingerprint density at radius 3 is 2.72 bits per heavy atom. The molecule has 2 aromatic rings. The summed E-state index contributed by atoms with van der Waals surface area (Å²) in [5.41, 5.74) is 8.80. The first-order valence-corrected chi connectivity index (χ1v) is 5.96. The van der Waals surface area contributed by atoms with Crippen molar-refractivity contribution in [3.05, 3.63) is 52.9 Å². The molecular formula is C13H14FN3S. The lowest BCUT2D eigenvalue weighted by Gasteiger charge is -2.08. The van der Waals surface area contributed by atoms with Gasteiger partial charge in [-0.2, -0.15) is 0 Å². The van der Waals surface area contributed by atoms with Crippen molar-refractivity contribution in [1.82, 2.24) is 9.55 Å². The lowest BCUT2D eigenvalue weighted by molar-refractivity contribution is 0.623. The van der Waals surface area contributed by atoms with Gasteiger partial charge in [0.1, 0.15) is 10.8 Å². The molecule has 2 N–H and O–H groups in total. The third kappa shape index (κ3) is 2.41. The highest BCUT2D eigenvalue weighted by molar-refractivity contribution is 7.80. The molecular weight excluding hydrogens is 249 g/mol. The maximum atomic E-state index is 13.5. The fourth-order valence-corrected chi connectivity index (χ4v) is 1.92. The van der Waals surface area contributed by atoms with Crippen LogP contribution in [0.2, 0.25) is 0 Å². The smallest absolute Gasteiger partial charge is 0.133 e. The monoisotopic (exact) mass is 263 g/mol. The number of aromatic nitrogens is 2. The van der Waals surface area contributed by atoms with Gasteiger partial charge in [0.15, 0.2) is 0 Å². The number of rotatable bonds is 3. The molecule has 1 aromatic heterocycles. The van der Waals surface area contributed by atoms with Gasteiger partial charge in [-0.3, -0.25) is 0 Å². The van der Waals surface area contributed by atoms with Crippen LogP contribution in [0.25, 0.3) is 0 Å². The van der Waals surface area contributed by atoms with Crippen LogP contribution in [0.1, 0.15) is 22.5 Å². The molecule has 3 nitrogen and oxygen atoms in total. The number of nitrogens with two attached hydrogens (primary N) is 1. The summed E-state index contributed by atoms with van der Waals surface area (Å²) in [5, 5.41) is 0. The van der Waals surface area contributed by atoms with Crippen molar-refractivity contribution in [2.75, 3.05) is 0 Å². The molecule has 0 fully saturated rings. The van der Waals surface area contributed by atoms with Crippen molar-refractivity contribution in [3.8, 4) is 0 Å². The van der Waals surface area contributed by atoms with Gasteiger partial charge in [-0.15, -0.1) is 0 Å². The fraction of sp³-hybridized carbons (Fsp3) is 0.231. The number of thiocarbonyl (C=S) groups is 1. The second-order valence-corrected chi connectivity index (χ2v) is 4.66. The fourth-order valence-electron chi connectivity index (χ4n) is 1.76. The molecule has 2 rings (SSSR count). The molecule has 1 aromatic carbocycles. The van der Waals surface area contributed by atoms with Crippen molar-refractivity contribution in [2.24, 2.45) is 5.73 Å². The second kappa shape index (κ2) is 4.86. The largest absolute Gasteiger partial charge is 0.389 e. The molecule has 0 aliphatic heterocycles. The van der Waals surface area contributed by atoms with Gasteiger partial charge in [0, 0.05) is 17.8 Å². The van der Waals surface area contributed by atoms with Crippen LogP contribution in [0.3, 0.4) is 0 Å². The molecule has 5 heteroatoms. The maximum absolute atomic E-state index is 13.5. The van der Waals surface area contributed by atoms with E-state index in [4.69, 9.17) is 18.0 Å². The second-order valence-electron chi connectivity index (χ2n) is 4.22. The van der Waals surface area contributed by atoms with Crippen LogP contribution >= 0.6 is 12.2 Å². The third-order valence-corrected chi connectivity index (χ3v) is 3.21. The summed E-state index contributed by atoms with van der Waals surface area (Å²) < 4.78 is 15.5. The number of benzene rings is 1. The lowest BCUT2D eigenvalue weighted by atomic mass is 10.1. The van der Waals surface area contributed by atoms with Crippen LogP contribution in [0.4, 0.5) is 4.39 Å². The van der Waals surface area contributed by atoms with E-state index in [1.165, 1.54) is 6.07 Å². The molecule has 0 saturated heterocycles. The molecule has 0 aliphatic rings. The molecule has 0 radical (unpaired) electrons. The van der Waals surface area contributed by atoms with Crippen LogP contribution < -0.4 is 5.73 Å². The molecule has 0 amide bonds. The Labute approximate surface area is 110 Å². The van der Waals surface area contributed by atoms with E-state index in [9.17, 15) is 4.39 Å². The minimum atomic E-state index is -0.384. The summed E-state index contributed by atoms with van der Waals surface area (Å²) >= 11 is 4.82. The van der Waals surface area contributed by atoms with Crippen LogP contribution in [-0.2, 0) is 6.54 Å². The van der Waals surface area contributed by atoms with E-state index in [0.717, 1.165) is 17.0 Å². The topological polar surface area (TPSA) is 43.8 Å². The highest BCUT2D eigenvalue weighted by Gasteiger charge is 2.08. The van der Waals surface area contributed by atoms with Gasteiger partial charge >= 0.3 is 0 Å². The first-order valence-electron chi connectivity index (χ1n) is 5.55. The van der Waals surface area contributed by atoms with Crippen LogP contribution in [-0.4, -0.2) is 14.5 Å². The van der Waals surface area contributed by atoms with E-state index in [2.05, 4.69) is 4.98 Å². The van der Waals surface area contributed by atoms with Crippen molar-refractivity contribution < 1.29 is 4.39 Å². The predicted molar refractivity (Wildman–Crippen MR) is 73.1 cm³/mol. The zero-order chi connectivity index (χ0) is 13.3. The first kappa shape index (κ1) is 12.7. The molecule has 0 bridgehead atoms. The van der Waals surface area contributed by atoms with E-state index >= 15 is 0 Å². The maximum Gasteiger partial charge on any atom is 0.133 e. The van der Waals surface area contributed by atoms with E-state index in [1.54, 1.807) is 18.5 Å². The Kier molecular flexibility index (Phi) is 3.43. The Morgan fingerprint density at radius 1 is 1.44 bits per heavy atom. The van der Waals surface area contributed by atoms with Gasteiger partial charge in [-0.1, -0.05) is 18.3 Å². The van der Waals surface area contributed by atoms with E-state index in [-0.39, 0.29) is 16.4 Å². The van der Waals surface area contributed by atoms with E-state index in [0.29, 0.717) is 6.54 Å². The van der Waals surface area contributed by atoms with Gasteiger partial charge in [-0.05, 0) is 31.5 Å². The molecule has 0 atom stereocenters. The van der Waals surface area contributed by atoms with E-state index in [1.807, 2.05) is 18.4 Å².